The first-order valence-corrected chi connectivity index (χ1v) is 10.5. The zero-order chi connectivity index (χ0) is 21.1. The van der Waals surface area contributed by atoms with E-state index >= 15 is 0 Å². The lowest BCUT2D eigenvalue weighted by Crippen LogP contribution is -2.37. The third-order valence-corrected chi connectivity index (χ3v) is 6.48. The molecule has 0 unspecified atom stereocenters. The summed E-state index contributed by atoms with van der Waals surface area (Å²) in [5.74, 6) is -1.12. The van der Waals surface area contributed by atoms with Crippen LogP contribution < -0.4 is 5.32 Å². The number of ether oxygens (including phenoxy) is 1. The highest BCUT2D eigenvalue weighted by Gasteiger charge is 2.51. The van der Waals surface area contributed by atoms with Gasteiger partial charge in [-0.2, -0.15) is 13.2 Å². The topological polar surface area (TPSA) is 78.9 Å². The zero-order valence-electron chi connectivity index (χ0n) is 15.9. The first-order chi connectivity index (χ1) is 13.7. The molecule has 29 heavy (non-hydrogen) atoms. The van der Waals surface area contributed by atoms with Gasteiger partial charge in [-0.3, -0.25) is 4.79 Å². The van der Waals surface area contributed by atoms with Gasteiger partial charge < -0.3 is 20.1 Å². The van der Waals surface area contributed by atoms with E-state index < -0.39 is 12.1 Å². The van der Waals surface area contributed by atoms with Crippen LogP contribution in [0.4, 0.5) is 13.2 Å². The van der Waals surface area contributed by atoms with Gasteiger partial charge >= 0.3 is 12.1 Å². The van der Waals surface area contributed by atoms with Crippen molar-refractivity contribution in [2.45, 2.75) is 32.0 Å². The lowest BCUT2D eigenvalue weighted by Gasteiger charge is -2.26. The number of thiophene rings is 1. The van der Waals surface area contributed by atoms with Crippen molar-refractivity contribution in [2.24, 2.45) is 17.3 Å². The number of carboxylic acid groups (broad SMARTS) is 1. The van der Waals surface area contributed by atoms with Crippen molar-refractivity contribution in [1.82, 2.24) is 10.2 Å². The number of fused-ring (bicyclic) bond motifs is 1. The Bertz CT molecular complexity index is 709. The summed E-state index contributed by atoms with van der Waals surface area (Å²) in [4.78, 5) is 25.1. The maximum Gasteiger partial charge on any atom is 0.490 e. The second kappa shape index (κ2) is 9.01. The van der Waals surface area contributed by atoms with Crippen LogP contribution in [0.2, 0.25) is 0 Å². The minimum absolute atomic E-state index is 0.0639. The fourth-order valence-electron chi connectivity index (χ4n) is 3.98. The van der Waals surface area contributed by atoms with Crippen LogP contribution in [0.5, 0.6) is 0 Å². The predicted molar refractivity (Wildman–Crippen MR) is 100 cm³/mol. The Morgan fingerprint density at radius 3 is 2.69 bits per heavy atom. The molecular formula is C19H25F3N2O4S. The Morgan fingerprint density at radius 1 is 1.38 bits per heavy atom. The van der Waals surface area contributed by atoms with E-state index in [0.29, 0.717) is 18.9 Å². The summed E-state index contributed by atoms with van der Waals surface area (Å²) in [6.45, 7) is 5.64. The molecule has 3 fully saturated rings. The Hall–Kier alpha value is -1.65. The van der Waals surface area contributed by atoms with Gasteiger partial charge in [-0.15, -0.1) is 11.3 Å². The molecule has 0 bridgehead atoms. The van der Waals surface area contributed by atoms with Gasteiger partial charge in [-0.25, -0.2) is 4.79 Å². The molecule has 10 heteroatoms. The summed E-state index contributed by atoms with van der Waals surface area (Å²) in [7, 11) is 0. The number of aliphatic carboxylic acids is 1. The SMILES string of the molecule is O=C(C[C@]12COC[C@H]1CN(CC1CC1)C2)NCc1cccs1.O=C(O)C(F)(F)F. The van der Waals surface area contributed by atoms with Crippen molar-refractivity contribution >= 4 is 23.2 Å². The number of hydrogen-bond donors (Lipinski definition) is 2. The summed E-state index contributed by atoms with van der Waals surface area (Å²) in [6, 6.07) is 4.09. The number of rotatable bonds is 6. The molecule has 3 heterocycles. The molecule has 4 rings (SSSR count). The van der Waals surface area contributed by atoms with Crippen molar-refractivity contribution in [2.75, 3.05) is 32.8 Å². The van der Waals surface area contributed by atoms with E-state index in [-0.39, 0.29) is 11.3 Å². The van der Waals surface area contributed by atoms with Gasteiger partial charge in [0.15, 0.2) is 0 Å². The van der Waals surface area contributed by atoms with E-state index in [9.17, 15) is 18.0 Å². The maximum absolute atomic E-state index is 12.4. The number of amides is 1. The minimum Gasteiger partial charge on any atom is -0.475 e. The van der Waals surface area contributed by atoms with Gasteiger partial charge in [0, 0.05) is 42.3 Å². The number of carboxylic acids is 1. The van der Waals surface area contributed by atoms with Gasteiger partial charge in [0.1, 0.15) is 0 Å². The van der Waals surface area contributed by atoms with Crippen LogP contribution in [0.15, 0.2) is 17.5 Å². The lowest BCUT2D eigenvalue weighted by atomic mass is 9.78. The second-order valence-corrected chi connectivity index (χ2v) is 9.08. The normalized spacial score (nSPS) is 26.5. The van der Waals surface area contributed by atoms with Crippen LogP contribution in [0.25, 0.3) is 0 Å². The third kappa shape index (κ3) is 6.16. The number of hydrogen-bond acceptors (Lipinski definition) is 5. The monoisotopic (exact) mass is 434 g/mol. The molecule has 0 spiro atoms. The van der Waals surface area contributed by atoms with Crippen molar-refractivity contribution in [3.63, 3.8) is 0 Å². The molecule has 2 atom stereocenters. The fourth-order valence-corrected chi connectivity index (χ4v) is 4.62. The Labute approximate surface area is 171 Å². The molecule has 1 aliphatic carbocycles. The number of likely N-dealkylation sites (tertiary alicyclic amines) is 1. The Morgan fingerprint density at radius 2 is 2.10 bits per heavy atom. The summed E-state index contributed by atoms with van der Waals surface area (Å²) in [6.07, 6.45) is -1.68. The molecule has 1 aromatic heterocycles. The molecule has 0 aromatic carbocycles. The van der Waals surface area contributed by atoms with Crippen LogP contribution in [0.3, 0.4) is 0 Å². The van der Waals surface area contributed by atoms with Crippen molar-refractivity contribution in [1.29, 1.82) is 0 Å². The quantitative estimate of drug-likeness (QED) is 0.720. The van der Waals surface area contributed by atoms with E-state index in [1.165, 1.54) is 24.3 Å². The second-order valence-electron chi connectivity index (χ2n) is 8.05. The first kappa shape index (κ1) is 22.0. The highest BCUT2D eigenvalue weighted by molar-refractivity contribution is 7.09. The number of nitrogens with one attached hydrogen (secondary N) is 1. The van der Waals surface area contributed by atoms with Crippen molar-refractivity contribution < 1.29 is 32.6 Å². The molecule has 1 saturated carbocycles. The van der Waals surface area contributed by atoms with Gasteiger partial charge in [0.2, 0.25) is 5.91 Å². The maximum atomic E-state index is 12.4. The number of halogens is 3. The summed E-state index contributed by atoms with van der Waals surface area (Å²) in [5, 5.41) is 12.3. The molecular weight excluding hydrogens is 409 g/mol. The zero-order valence-corrected chi connectivity index (χ0v) is 16.7. The van der Waals surface area contributed by atoms with Gasteiger partial charge in [0.05, 0.1) is 19.8 Å². The van der Waals surface area contributed by atoms with Crippen LogP contribution >= 0.6 is 11.3 Å². The predicted octanol–water partition coefficient (Wildman–Crippen LogP) is 2.75. The summed E-state index contributed by atoms with van der Waals surface area (Å²) < 4.78 is 37.5. The molecule has 0 radical (unpaired) electrons. The fraction of sp³-hybridized carbons (Fsp3) is 0.684. The number of carbonyl (C=O) groups is 2. The third-order valence-electron chi connectivity index (χ3n) is 5.60. The van der Waals surface area contributed by atoms with E-state index in [2.05, 4.69) is 16.3 Å². The number of carbonyl (C=O) groups excluding carboxylic acids is 1. The molecule has 2 aliphatic heterocycles. The molecule has 6 nitrogen and oxygen atoms in total. The summed E-state index contributed by atoms with van der Waals surface area (Å²) in [5.41, 5.74) is 0.0639. The highest BCUT2D eigenvalue weighted by atomic mass is 32.1. The highest BCUT2D eigenvalue weighted by Crippen LogP contribution is 2.45. The van der Waals surface area contributed by atoms with E-state index in [1.54, 1.807) is 11.3 Å². The largest absolute Gasteiger partial charge is 0.490 e. The van der Waals surface area contributed by atoms with Crippen molar-refractivity contribution in [3.8, 4) is 0 Å². The number of nitrogens with zero attached hydrogens (tertiary/aromatic N) is 1. The molecule has 1 amide bonds. The average molecular weight is 434 g/mol. The van der Waals surface area contributed by atoms with Crippen LogP contribution in [-0.2, 0) is 20.9 Å². The Kier molecular flexibility index (Phi) is 6.85. The molecule has 2 saturated heterocycles. The molecule has 3 aliphatic rings. The van der Waals surface area contributed by atoms with Gasteiger partial charge in [0.25, 0.3) is 0 Å². The summed E-state index contributed by atoms with van der Waals surface area (Å²) >= 11 is 1.69. The van der Waals surface area contributed by atoms with E-state index in [4.69, 9.17) is 14.6 Å². The minimum atomic E-state index is -5.08. The van der Waals surface area contributed by atoms with Crippen LogP contribution in [0.1, 0.15) is 24.1 Å². The molecule has 162 valence electrons. The van der Waals surface area contributed by atoms with Gasteiger partial charge in [-0.1, -0.05) is 6.07 Å². The van der Waals surface area contributed by atoms with E-state index in [0.717, 1.165) is 32.2 Å². The van der Waals surface area contributed by atoms with Crippen molar-refractivity contribution in [3.05, 3.63) is 22.4 Å². The number of alkyl halides is 3. The average Bonchev–Trinajstić information content (AvgIpc) is 3.02. The van der Waals surface area contributed by atoms with Gasteiger partial charge in [-0.05, 0) is 30.2 Å². The smallest absolute Gasteiger partial charge is 0.475 e. The van der Waals surface area contributed by atoms with Crippen LogP contribution in [0, 0.1) is 17.3 Å². The Balaban J connectivity index is 0.000000298. The first-order valence-electron chi connectivity index (χ1n) is 9.57. The standard InChI is InChI=1S/C17H24N2O2S.C2HF3O2/c20-16(18-7-15-2-1-5-22-15)6-17-11-19(8-13-3-4-13)9-14(17)10-21-12-17;3-2(4,5)1(6)7/h1-2,5,13-14H,3-4,6-12H2,(H,18,20);(H,6,7)/t14-,17+;/m1./s1. The molecule has 1 aromatic rings. The van der Waals surface area contributed by atoms with Crippen LogP contribution in [-0.4, -0.2) is 60.9 Å². The lowest BCUT2D eigenvalue weighted by molar-refractivity contribution is -0.192. The molecule has 2 N–H and O–H groups in total. The van der Waals surface area contributed by atoms with E-state index in [1.807, 2.05) is 11.4 Å².